The molecule has 0 aromatic carbocycles. The van der Waals surface area contributed by atoms with Crippen LogP contribution in [0.15, 0.2) is 15.9 Å². The Bertz CT molecular complexity index is 469. The summed E-state index contributed by atoms with van der Waals surface area (Å²) >= 11 is 5.08. The maximum Gasteiger partial charge on any atom is 0.169 e. The summed E-state index contributed by atoms with van der Waals surface area (Å²) in [6.07, 6.45) is 4.34. The maximum atomic E-state index is 12.8. The van der Waals surface area contributed by atoms with Crippen LogP contribution >= 0.6 is 27.3 Å². The zero-order valence-electron chi connectivity index (χ0n) is 12.5. The average Bonchev–Trinajstić information content (AvgIpc) is 2.78. The van der Waals surface area contributed by atoms with E-state index in [-0.39, 0.29) is 5.78 Å². The van der Waals surface area contributed by atoms with Crippen LogP contribution in [0.3, 0.4) is 0 Å². The molecule has 0 atom stereocenters. The van der Waals surface area contributed by atoms with Gasteiger partial charge in [-0.1, -0.05) is 13.8 Å². The monoisotopic (exact) mass is 358 g/mol. The summed E-state index contributed by atoms with van der Waals surface area (Å²) < 4.78 is 7.00. The van der Waals surface area contributed by atoms with Gasteiger partial charge in [0.2, 0.25) is 0 Å². The van der Waals surface area contributed by atoms with Crippen molar-refractivity contribution in [1.82, 2.24) is 0 Å². The van der Waals surface area contributed by atoms with Gasteiger partial charge in [-0.25, -0.2) is 0 Å². The lowest BCUT2D eigenvalue weighted by molar-refractivity contribution is -0.151. The van der Waals surface area contributed by atoms with Crippen LogP contribution in [0, 0.1) is 5.41 Å². The maximum absolute atomic E-state index is 12.8. The summed E-state index contributed by atoms with van der Waals surface area (Å²) in [7, 11) is 0. The molecule has 1 aliphatic carbocycles. The number of ketones is 1. The molecule has 1 saturated carbocycles. The van der Waals surface area contributed by atoms with Crippen molar-refractivity contribution in [2.45, 2.75) is 58.5 Å². The Balaban J connectivity index is 2.10. The molecule has 0 radical (unpaired) electrons. The highest BCUT2D eigenvalue weighted by molar-refractivity contribution is 9.10. The standard InChI is InChI=1S/C16H23BrO2S/c1-4-19-16(7-5-15(2,3)6-8-16)14(18)10-13-9-12(17)11-20-13/h9,11H,4-8,10H2,1-3H3. The van der Waals surface area contributed by atoms with Gasteiger partial charge in [0.15, 0.2) is 5.78 Å². The van der Waals surface area contributed by atoms with Crippen LogP contribution in [0.5, 0.6) is 0 Å². The summed E-state index contributed by atoms with van der Waals surface area (Å²) in [5, 5.41) is 2.03. The van der Waals surface area contributed by atoms with Gasteiger partial charge in [0.1, 0.15) is 5.60 Å². The normalized spacial score (nSPS) is 20.8. The molecule has 2 nitrogen and oxygen atoms in total. The number of ether oxygens (including phenoxy) is 1. The van der Waals surface area contributed by atoms with Gasteiger partial charge in [0.05, 0.1) is 0 Å². The highest BCUT2D eigenvalue weighted by Crippen LogP contribution is 2.43. The van der Waals surface area contributed by atoms with Gasteiger partial charge in [0.25, 0.3) is 0 Å². The van der Waals surface area contributed by atoms with E-state index in [0.717, 1.165) is 35.0 Å². The quantitative estimate of drug-likeness (QED) is 0.740. The minimum Gasteiger partial charge on any atom is -0.367 e. The van der Waals surface area contributed by atoms with Crippen molar-refractivity contribution < 1.29 is 9.53 Å². The molecule has 1 aliphatic rings. The third-order valence-corrected chi connectivity index (χ3v) is 5.99. The first-order valence-electron chi connectivity index (χ1n) is 7.27. The van der Waals surface area contributed by atoms with Crippen molar-refractivity contribution >= 4 is 33.0 Å². The third kappa shape index (κ3) is 3.71. The molecule has 2 rings (SSSR count). The van der Waals surface area contributed by atoms with Crippen LogP contribution in [0.1, 0.15) is 51.3 Å². The van der Waals surface area contributed by atoms with E-state index in [0.29, 0.717) is 18.4 Å². The minimum absolute atomic E-state index is 0.254. The van der Waals surface area contributed by atoms with Gasteiger partial charge < -0.3 is 4.74 Å². The van der Waals surface area contributed by atoms with Crippen molar-refractivity contribution in [1.29, 1.82) is 0 Å². The molecular weight excluding hydrogens is 336 g/mol. The summed E-state index contributed by atoms with van der Waals surface area (Å²) in [6.45, 7) is 7.16. The summed E-state index contributed by atoms with van der Waals surface area (Å²) in [5.74, 6) is 0.254. The molecule has 112 valence electrons. The van der Waals surface area contributed by atoms with Crippen LogP contribution in [0.2, 0.25) is 0 Å². The second-order valence-electron chi connectivity index (χ2n) is 6.42. The Hall–Kier alpha value is -0.190. The van der Waals surface area contributed by atoms with Crippen LogP contribution in [0.25, 0.3) is 0 Å². The number of hydrogen-bond acceptors (Lipinski definition) is 3. The molecule has 0 unspecified atom stereocenters. The van der Waals surface area contributed by atoms with E-state index in [1.807, 2.05) is 18.4 Å². The van der Waals surface area contributed by atoms with Crippen molar-refractivity contribution in [2.24, 2.45) is 5.41 Å². The fourth-order valence-corrected chi connectivity index (χ4v) is 4.33. The lowest BCUT2D eigenvalue weighted by Crippen LogP contribution is -2.47. The molecule has 0 N–H and O–H groups in total. The van der Waals surface area contributed by atoms with Crippen LogP contribution < -0.4 is 0 Å². The predicted molar refractivity (Wildman–Crippen MR) is 87.3 cm³/mol. The van der Waals surface area contributed by atoms with E-state index >= 15 is 0 Å². The summed E-state index contributed by atoms with van der Waals surface area (Å²) in [5.41, 5.74) is -0.201. The predicted octanol–water partition coefficient (Wildman–Crippen LogP) is 5.00. The highest BCUT2D eigenvalue weighted by atomic mass is 79.9. The molecule has 20 heavy (non-hydrogen) atoms. The van der Waals surface area contributed by atoms with Gasteiger partial charge in [0, 0.05) is 27.8 Å². The molecule has 0 saturated heterocycles. The molecule has 4 heteroatoms. The first kappa shape index (κ1) is 16.2. The molecule has 1 aromatic rings. The molecule has 1 fully saturated rings. The molecular formula is C16H23BrO2S. The van der Waals surface area contributed by atoms with Crippen molar-refractivity contribution in [3.63, 3.8) is 0 Å². The molecule has 1 aromatic heterocycles. The van der Waals surface area contributed by atoms with Gasteiger partial charge in [-0.2, -0.15) is 0 Å². The van der Waals surface area contributed by atoms with Crippen molar-refractivity contribution in [2.75, 3.05) is 6.61 Å². The van der Waals surface area contributed by atoms with E-state index < -0.39 is 5.60 Å². The zero-order chi connectivity index (χ0) is 14.8. The molecule has 0 aliphatic heterocycles. The smallest absolute Gasteiger partial charge is 0.169 e. The lowest BCUT2D eigenvalue weighted by Gasteiger charge is -2.42. The van der Waals surface area contributed by atoms with E-state index in [2.05, 4.69) is 29.8 Å². The third-order valence-electron chi connectivity index (χ3n) is 4.30. The first-order valence-corrected chi connectivity index (χ1v) is 8.94. The number of hydrogen-bond donors (Lipinski definition) is 0. The number of carbonyl (C=O) groups excluding carboxylic acids is 1. The number of rotatable bonds is 5. The molecule has 1 heterocycles. The Morgan fingerprint density at radius 2 is 2.00 bits per heavy atom. The Morgan fingerprint density at radius 1 is 1.35 bits per heavy atom. The number of carbonyl (C=O) groups is 1. The van der Waals surface area contributed by atoms with Gasteiger partial charge in [-0.3, -0.25) is 4.79 Å². The van der Waals surface area contributed by atoms with Gasteiger partial charge in [-0.05, 0) is 60.0 Å². The highest BCUT2D eigenvalue weighted by Gasteiger charge is 2.44. The van der Waals surface area contributed by atoms with E-state index in [9.17, 15) is 4.79 Å². The van der Waals surface area contributed by atoms with Crippen LogP contribution in [-0.2, 0) is 16.0 Å². The fourth-order valence-electron chi connectivity index (χ4n) is 2.88. The minimum atomic E-state index is -0.541. The summed E-state index contributed by atoms with van der Waals surface area (Å²) in [6, 6.07) is 2.04. The van der Waals surface area contributed by atoms with Crippen LogP contribution in [-0.4, -0.2) is 18.0 Å². The van der Waals surface area contributed by atoms with Crippen LogP contribution in [0.4, 0.5) is 0 Å². The Morgan fingerprint density at radius 3 is 2.50 bits per heavy atom. The zero-order valence-corrected chi connectivity index (χ0v) is 14.9. The van der Waals surface area contributed by atoms with Gasteiger partial charge in [-0.15, -0.1) is 11.3 Å². The molecule has 0 amide bonds. The number of halogens is 1. The first-order chi connectivity index (χ1) is 9.37. The van der Waals surface area contributed by atoms with E-state index in [1.165, 1.54) is 0 Å². The Kier molecular flexibility index (Phi) is 5.09. The Labute approximate surface area is 134 Å². The van der Waals surface area contributed by atoms with Gasteiger partial charge >= 0.3 is 0 Å². The van der Waals surface area contributed by atoms with E-state index in [1.54, 1.807) is 11.3 Å². The molecule has 0 bridgehead atoms. The fraction of sp³-hybridized carbons (Fsp3) is 0.688. The second-order valence-corrected chi connectivity index (χ2v) is 8.33. The number of thiophene rings is 1. The summed E-state index contributed by atoms with van der Waals surface area (Å²) in [4.78, 5) is 13.9. The largest absolute Gasteiger partial charge is 0.367 e. The lowest BCUT2D eigenvalue weighted by atomic mass is 9.69. The molecule has 0 spiro atoms. The SMILES string of the molecule is CCOC1(C(=O)Cc2cc(Br)cs2)CCC(C)(C)CC1. The topological polar surface area (TPSA) is 26.3 Å². The van der Waals surface area contributed by atoms with Crippen molar-refractivity contribution in [3.8, 4) is 0 Å². The second kappa shape index (κ2) is 6.29. The van der Waals surface area contributed by atoms with E-state index in [4.69, 9.17) is 4.74 Å². The van der Waals surface area contributed by atoms with Crippen molar-refractivity contribution in [3.05, 3.63) is 20.8 Å². The number of Topliss-reactive ketones (excluding diaryl/α,β-unsaturated/α-hetero) is 1. The average molecular weight is 359 g/mol.